The van der Waals surface area contributed by atoms with Crippen LogP contribution in [0.15, 0.2) is 35.5 Å². The van der Waals surface area contributed by atoms with Gasteiger partial charge in [-0.2, -0.15) is 0 Å². The van der Waals surface area contributed by atoms with E-state index in [0.29, 0.717) is 0 Å². The Bertz CT molecular complexity index is 351. The lowest BCUT2D eigenvalue weighted by Gasteiger charge is -1.99. The standard InChI is InChI=1S/C10H10ClNO3/c1-14-10(13)9(11)12-15-7-8-5-3-2-4-6-8/h2-6H,7H2,1H3. The lowest BCUT2D eigenvalue weighted by atomic mass is 10.2. The fourth-order valence-corrected chi connectivity index (χ4v) is 0.985. The molecule has 0 heterocycles. The minimum Gasteiger partial charge on any atom is -0.464 e. The van der Waals surface area contributed by atoms with Crippen LogP contribution in [-0.4, -0.2) is 18.2 Å². The number of ether oxygens (including phenoxy) is 1. The van der Waals surface area contributed by atoms with Crippen molar-refractivity contribution in [3.05, 3.63) is 35.9 Å². The van der Waals surface area contributed by atoms with Gasteiger partial charge in [0.1, 0.15) is 6.61 Å². The molecular formula is C10H10ClNO3. The average molecular weight is 228 g/mol. The Morgan fingerprint density at radius 2 is 2.07 bits per heavy atom. The summed E-state index contributed by atoms with van der Waals surface area (Å²) in [6.07, 6.45) is 0. The molecule has 15 heavy (non-hydrogen) atoms. The van der Waals surface area contributed by atoms with Crippen LogP contribution >= 0.6 is 11.6 Å². The number of oxime groups is 1. The molecule has 1 rings (SSSR count). The average Bonchev–Trinajstić information content (AvgIpc) is 2.29. The second-order valence-electron chi connectivity index (χ2n) is 2.63. The Balaban J connectivity index is 2.42. The summed E-state index contributed by atoms with van der Waals surface area (Å²) in [5.74, 6) is -0.718. The van der Waals surface area contributed by atoms with Gasteiger partial charge in [-0.3, -0.25) is 0 Å². The van der Waals surface area contributed by atoms with E-state index in [9.17, 15) is 4.79 Å². The van der Waals surface area contributed by atoms with Crippen LogP contribution in [0.25, 0.3) is 0 Å². The highest BCUT2D eigenvalue weighted by Crippen LogP contribution is 2.01. The number of hydrogen-bond donors (Lipinski definition) is 0. The van der Waals surface area contributed by atoms with Crippen molar-refractivity contribution in [1.29, 1.82) is 0 Å². The zero-order chi connectivity index (χ0) is 11.1. The first-order valence-electron chi connectivity index (χ1n) is 4.21. The molecule has 0 spiro atoms. The molecule has 0 aliphatic rings. The molecule has 0 fully saturated rings. The van der Waals surface area contributed by atoms with E-state index in [0.717, 1.165) is 5.56 Å². The van der Waals surface area contributed by atoms with Crippen LogP contribution in [0.3, 0.4) is 0 Å². The van der Waals surface area contributed by atoms with Crippen LogP contribution in [-0.2, 0) is 21.0 Å². The van der Waals surface area contributed by atoms with Crippen LogP contribution in [0.1, 0.15) is 5.56 Å². The molecule has 80 valence electrons. The number of carbonyl (C=O) groups excluding carboxylic acids is 1. The normalized spacial score (nSPS) is 10.9. The minimum absolute atomic E-state index is 0.258. The molecule has 0 aromatic heterocycles. The topological polar surface area (TPSA) is 47.9 Å². The maximum Gasteiger partial charge on any atom is 0.372 e. The number of carbonyl (C=O) groups is 1. The van der Waals surface area contributed by atoms with Gasteiger partial charge < -0.3 is 9.57 Å². The molecule has 1 aromatic carbocycles. The number of hydrogen-bond acceptors (Lipinski definition) is 4. The van der Waals surface area contributed by atoms with Gasteiger partial charge in [0.05, 0.1) is 7.11 Å². The maximum absolute atomic E-state index is 10.8. The Morgan fingerprint density at radius 3 is 2.67 bits per heavy atom. The molecule has 1 aromatic rings. The Labute approximate surface area is 92.4 Å². The zero-order valence-electron chi connectivity index (χ0n) is 8.14. The third kappa shape index (κ3) is 3.99. The highest BCUT2D eigenvalue weighted by atomic mass is 35.5. The molecule has 5 heteroatoms. The summed E-state index contributed by atoms with van der Waals surface area (Å²) in [5.41, 5.74) is 0.940. The molecule has 0 N–H and O–H groups in total. The van der Waals surface area contributed by atoms with Gasteiger partial charge in [-0.05, 0) is 5.56 Å². The van der Waals surface area contributed by atoms with Gasteiger partial charge in [0.15, 0.2) is 0 Å². The lowest BCUT2D eigenvalue weighted by Crippen LogP contribution is -2.09. The minimum atomic E-state index is -0.718. The van der Waals surface area contributed by atoms with Crippen molar-refractivity contribution in [2.75, 3.05) is 7.11 Å². The highest BCUT2D eigenvalue weighted by molar-refractivity contribution is 6.81. The summed E-state index contributed by atoms with van der Waals surface area (Å²) < 4.78 is 4.33. The van der Waals surface area contributed by atoms with Crippen LogP contribution in [0.5, 0.6) is 0 Å². The smallest absolute Gasteiger partial charge is 0.372 e. The first kappa shape index (κ1) is 11.5. The molecule has 0 saturated carbocycles. The van der Waals surface area contributed by atoms with Crippen molar-refractivity contribution in [3.63, 3.8) is 0 Å². The van der Waals surface area contributed by atoms with Crippen molar-refractivity contribution in [3.8, 4) is 0 Å². The molecule has 0 radical (unpaired) electrons. The summed E-state index contributed by atoms with van der Waals surface area (Å²) >= 11 is 5.45. The molecule has 4 nitrogen and oxygen atoms in total. The summed E-state index contributed by atoms with van der Waals surface area (Å²) in [5, 5.41) is 3.07. The van der Waals surface area contributed by atoms with E-state index in [1.165, 1.54) is 7.11 Å². The van der Waals surface area contributed by atoms with Gasteiger partial charge in [-0.25, -0.2) is 4.79 Å². The maximum atomic E-state index is 10.8. The number of halogens is 1. The first-order valence-corrected chi connectivity index (χ1v) is 4.59. The molecule has 0 amide bonds. The summed E-state index contributed by atoms with van der Waals surface area (Å²) in [4.78, 5) is 15.6. The highest BCUT2D eigenvalue weighted by Gasteiger charge is 2.07. The second kappa shape index (κ2) is 6.03. The largest absolute Gasteiger partial charge is 0.464 e. The van der Waals surface area contributed by atoms with E-state index in [1.807, 2.05) is 30.3 Å². The molecular weight excluding hydrogens is 218 g/mol. The third-order valence-electron chi connectivity index (χ3n) is 1.57. The van der Waals surface area contributed by atoms with Crippen LogP contribution < -0.4 is 0 Å². The molecule has 0 bridgehead atoms. The molecule has 0 unspecified atom stereocenters. The predicted octanol–water partition coefficient (Wildman–Crippen LogP) is 1.93. The molecule has 0 saturated heterocycles. The number of esters is 1. The molecule has 0 aliphatic carbocycles. The fraction of sp³-hybridized carbons (Fsp3) is 0.200. The summed E-state index contributed by atoms with van der Waals surface area (Å²) in [6, 6.07) is 9.41. The molecule has 0 atom stereocenters. The number of methoxy groups -OCH3 is 1. The van der Waals surface area contributed by atoms with Gasteiger partial charge in [-0.1, -0.05) is 47.1 Å². The first-order chi connectivity index (χ1) is 7.24. The molecule has 0 aliphatic heterocycles. The van der Waals surface area contributed by atoms with Crippen molar-refractivity contribution >= 4 is 22.7 Å². The zero-order valence-corrected chi connectivity index (χ0v) is 8.90. The Morgan fingerprint density at radius 1 is 1.40 bits per heavy atom. The monoisotopic (exact) mass is 227 g/mol. The number of nitrogens with zero attached hydrogens (tertiary/aromatic N) is 1. The van der Waals surface area contributed by atoms with Gasteiger partial charge in [0.2, 0.25) is 0 Å². The number of rotatable bonds is 4. The Kier molecular flexibility index (Phi) is 4.63. The van der Waals surface area contributed by atoms with Crippen LogP contribution in [0, 0.1) is 0 Å². The van der Waals surface area contributed by atoms with E-state index in [2.05, 4.69) is 9.89 Å². The van der Waals surface area contributed by atoms with Crippen molar-refractivity contribution in [2.24, 2.45) is 5.16 Å². The van der Waals surface area contributed by atoms with E-state index in [1.54, 1.807) is 0 Å². The second-order valence-corrected chi connectivity index (χ2v) is 2.99. The quantitative estimate of drug-likeness (QED) is 0.449. The SMILES string of the molecule is COC(=O)C(Cl)=NOCc1ccccc1. The summed E-state index contributed by atoms with van der Waals surface area (Å²) in [6.45, 7) is 0.258. The third-order valence-corrected chi connectivity index (χ3v) is 1.80. The van der Waals surface area contributed by atoms with Gasteiger partial charge in [-0.15, -0.1) is 0 Å². The van der Waals surface area contributed by atoms with Gasteiger partial charge >= 0.3 is 5.97 Å². The number of benzene rings is 1. The van der Waals surface area contributed by atoms with Crippen molar-refractivity contribution in [2.45, 2.75) is 6.61 Å². The van der Waals surface area contributed by atoms with Gasteiger partial charge in [0, 0.05) is 0 Å². The van der Waals surface area contributed by atoms with Crippen LogP contribution in [0.2, 0.25) is 0 Å². The summed E-state index contributed by atoms with van der Waals surface area (Å²) in [7, 11) is 1.22. The predicted molar refractivity (Wildman–Crippen MR) is 56.5 cm³/mol. The van der Waals surface area contributed by atoms with E-state index < -0.39 is 5.97 Å². The van der Waals surface area contributed by atoms with E-state index in [4.69, 9.17) is 16.4 Å². The van der Waals surface area contributed by atoms with Crippen LogP contribution in [0.4, 0.5) is 0 Å². The van der Waals surface area contributed by atoms with Crippen molar-refractivity contribution < 1.29 is 14.4 Å². The van der Waals surface area contributed by atoms with E-state index >= 15 is 0 Å². The fourth-order valence-electron chi connectivity index (χ4n) is 0.859. The van der Waals surface area contributed by atoms with Gasteiger partial charge in [0.25, 0.3) is 5.17 Å². The lowest BCUT2D eigenvalue weighted by molar-refractivity contribution is -0.132. The van der Waals surface area contributed by atoms with E-state index in [-0.39, 0.29) is 11.8 Å². The van der Waals surface area contributed by atoms with Crippen molar-refractivity contribution in [1.82, 2.24) is 0 Å². The Hall–Kier alpha value is -1.55.